The molecule has 124 valence electrons. The lowest BCUT2D eigenvalue weighted by molar-refractivity contribution is 0.0945. The Morgan fingerprint density at radius 2 is 1.62 bits per heavy atom. The Hall–Kier alpha value is -2.63. The van der Waals surface area contributed by atoms with Gasteiger partial charge >= 0.3 is 0 Å². The lowest BCUT2D eigenvalue weighted by atomic mass is 10.2. The first kappa shape index (κ1) is 14.9. The van der Waals surface area contributed by atoms with Crippen LogP contribution in [0.15, 0.2) is 42.5 Å². The van der Waals surface area contributed by atoms with Crippen molar-refractivity contribution < 1.29 is 4.79 Å². The van der Waals surface area contributed by atoms with Gasteiger partial charge in [0.05, 0.1) is 0 Å². The van der Waals surface area contributed by atoms with Crippen LogP contribution in [0.5, 0.6) is 0 Å². The molecule has 1 aliphatic carbocycles. The SMILES string of the molecule is O=C(NC1CC1)c1ccc(N2CCN(c3ccccc3)CC2)nn1. The second kappa shape index (κ2) is 6.47. The topological polar surface area (TPSA) is 61.4 Å². The Labute approximate surface area is 141 Å². The van der Waals surface area contributed by atoms with E-state index in [0.717, 1.165) is 44.8 Å². The summed E-state index contributed by atoms with van der Waals surface area (Å²) in [6, 6.07) is 14.5. The molecular formula is C18H21N5O. The summed E-state index contributed by atoms with van der Waals surface area (Å²) < 4.78 is 0. The number of hydrogen-bond acceptors (Lipinski definition) is 5. The average molecular weight is 323 g/mol. The highest BCUT2D eigenvalue weighted by atomic mass is 16.2. The van der Waals surface area contributed by atoms with Crippen molar-refractivity contribution in [3.8, 4) is 0 Å². The summed E-state index contributed by atoms with van der Waals surface area (Å²) in [5.74, 6) is 0.719. The molecule has 2 heterocycles. The van der Waals surface area contributed by atoms with Crippen molar-refractivity contribution >= 4 is 17.4 Å². The van der Waals surface area contributed by atoms with E-state index in [2.05, 4.69) is 49.6 Å². The van der Waals surface area contributed by atoms with Gasteiger partial charge in [-0.25, -0.2) is 0 Å². The van der Waals surface area contributed by atoms with Crippen LogP contribution in [-0.4, -0.2) is 48.3 Å². The number of anilines is 2. The number of amides is 1. The Bertz CT molecular complexity index is 691. The van der Waals surface area contributed by atoms with Gasteiger partial charge < -0.3 is 15.1 Å². The van der Waals surface area contributed by atoms with Gasteiger partial charge in [0, 0.05) is 37.9 Å². The molecule has 0 bridgehead atoms. The molecule has 0 unspecified atom stereocenters. The second-order valence-electron chi connectivity index (χ2n) is 6.33. The zero-order valence-corrected chi connectivity index (χ0v) is 13.6. The van der Waals surface area contributed by atoms with E-state index in [0.29, 0.717) is 11.7 Å². The monoisotopic (exact) mass is 323 g/mol. The largest absolute Gasteiger partial charge is 0.368 e. The van der Waals surface area contributed by atoms with E-state index in [-0.39, 0.29) is 5.91 Å². The van der Waals surface area contributed by atoms with E-state index in [1.54, 1.807) is 6.07 Å². The molecule has 0 radical (unpaired) electrons. The van der Waals surface area contributed by atoms with Crippen molar-refractivity contribution in [3.05, 3.63) is 48.2 Å². The fraction of sp³-hybridized carbons (Fsp3) is 0.389. The van der Waals surface area contributed by atoms with Crippen molar-refractivity contribution in [1.82, 2.24) is 15.5 Å². The summed E-state index contributed by atoms with van der Waals surface area (Å²) >= 11 is 0. The molecule has 2 aliphatic rings. The Balaban J connectivity index is 1.36. The quantitative estimate of drug-likeness (QED) is 0.928. The average Bonchev–Trinajstić information content (AvgIpc) is 3.47. The highest BCUT2D eigenvalue weighted by Crippen LogP contribution is 2.20. The Morgan fingerprint density at radius 1 is 0.917 bits per heavy atom. The third kappa shape index (κ3) is 3.32. The molecule has 6 heteroatoms. The number of aromatic nitrogens is 2. The van der Waals surface area contributed by atoms with Crippen LogP contribution in [0.4, 0.5) is 11.5 Å². The number of benzene rings is 1. The second-order valence-corrected chi connectivity index (χ2v) is 6.33. The van der Waals surface area contributed by atoms with E-state index in [1.807, 2.05) is 12.1 Å². The molecule has 2 aromatic rings. The number of hydrogen-bond donors (Lipinski definition) is 1. The molecule has 1 aromatic carbocycles. The highest BCUT2D eigenvalue weighted by Gasteiger charge is 2.25. The first-order valence-corrected chi connectivity index (χ1v) is 8.49. The summed E-state index contributed by atoms with van der Waals surface area (Å²) in [7, 11) is 0. The molecule has 4 rings (SSSR count). The van der Waals surface area contributed by atoms with Crippen molar-refractivity contribution in [2.75, 3.05) is 36.0 Å². The minimum atomic E-state index is -0.120. The molecule has 1 saturated carbocycles. The molecule has 0 atom stereocenters. The summed E-state index contributed by atoms with van der Waals surface area (Å²) in [6.45, 7) is 3.71. The Morgan fingerprint density at radius 3 is 2.25 bits per heavy atom. The van der Waals surface area contributed by atoms with Crippen LogP contribution in [0.3, 0.4) is 0 Å². The molecule has 6 nitrogen and oxygen atoms in total. The van der Waals surface area contributed by atoms with Crippen LogP contribution in [-0.2, 0) is 0 Å². The molecule has 1 aliphatic heterocycles. The predicted octanol–water partition coefficient (Wildman–Crippen LogP) is 1.70. The summed E-state index contributed by atoms with van der Waals surface area (Å²) in [5, 5.41) is 11.3. The first-order chi connectivity index (χ1) is 11.8. The minimum absolute atomic E-state index is 0.120. The fourth-order valence-corrected chi connectivity index (χ4v) is 2.93. The smallest absolute Gasteiger partial charge is 0.272 e. The minimum Gasteiger partial charge on any atom is -0.368 e. The van der Waals surface area contributed by atoms with Gasteiger partial charge in [-0.1, -0.05) is 18.2 Å². The van der Waals surface area contributed by atoms with Crippen molar-refractivity contribution in [1.29, 1.82) is 0 Å². The molecule has 2 fully saturated rings. The Kier molecular flexibility index (Phi) is 4.02. The van der Waals surface area contributed by atoms with Crippen LogP contribution in [0, 0.1) is 0 Å². The van der Waals surface area contributed by atoms with E-state index >= 15 is 0 Å². The van der Waals surface area contributed by atoms with E-state index in [9.17, 15) is 4.79 Å². The highest BCUT2D eigenvalue weighted by molar-refractivity contribution is 5.92. The van der Waals surface area contributed by atoms with E-state index in [4.69, 9.17) is 0 Å². The molecule has 1 amide bonds. The number of nitrogens with one attached hydrogen (secondary N) is 1. The number of carbonyl (C=O) groups is 1. The number of para-hydroxylation sites is 1. The lowest BCUT2D eigenvalue weighted by Gasteiger charge is -2.36. The fourth-order valence-electron chi connectivity index (χ4n) is 2.93. The van der Waals surface area contributed by atoms with E-state index in [1.165, 1.54) is 5.69 Å². The summed E-state index contributed by atoms with van der Waals surface area (Å²) in [5.41, 5.74) is 1.66. The van der Waals surface area contributed by atoms with Gasteiger partial charge in [0.2, 0.25) is 0 Å². The van der Waals surface area contributed by atoms with E-state index < -0.39 is 0 Å². The maximum atomic E-state index is 11.9. The number of nitrogens with zero attached hydrogens (tertiary/aromatic N) is 4. The number of piperazine rings is 1. The standard InChI is InChI=1S/C18H21N5O/c24-18(19-14-6-7-14)16-8-9-17(21-20-16)23-12-10-22(11-13-23)15-4-2-1-3-5-15/h1-5,8-9,14H,6-7,10-13H2,(H,19,24). The van der Waals surface area contributed by atoms with Gasteiger partial charge in [-0.2, -0.15) is 0 Å². The van der Waals surface area contributed by atoms with Crippen LogP contribution in [0.2, 0.25) is 0 Å². The van der Waals surface area contributed by atoms with Crippen LogP contribution < -0.4 is 15.1 Å². The maximum absolute atomic E-state index is 11.9. The normalized spacial score (nSPS) is 17.7. The van der Waals surface area contributed by atoms with Crippen LogP contribution in [0.25, 0.3) is 0 Å². The first-order valence-electron chi connectivity index (χ1n) is 8.49. The van der Waals surface area contributed by atoms with Gasteiger partial charge in [-0.15, -0.1) is 10.2 Å². The molecule has 0 spiro atoms. The third-order valence-corrected chi connectivity index (χ3v) is 4.52. The third-order valence-electron chi connectivity index (χ3n) is 4.52. The number of rotatable bonds is 4. The molecular weight excluding hydrogens is 302 g/mol. The van der Waals surface area contributed by atoms with Gasteiger partial charge in [0.1, 0.15) is 0 Å². The summed E-state index contributed by atoms with van der Waals surface area (Å²) in [4.78, 5) is 16.5. The lowest BCUT2D eigenvalue weighted by Crippen LogP contribution is -2.46. The number of carbonyl (C=O) groups excluding carboxylic acids is 1. The predicted molar refractivity (Wildman–Crippen MR) is 93.4 cm³/mol. The van der Waals surface area contributed by atoms with Gasteiger partial charge in [0.25, 0.3) is 5.91 Å². The molecule has 1 aromatic heterocycles. The molecule has 24 heavy (non-hydrogen) atoms. The van der Waals surface area contributed by atoms with Gasteiger partial charge in [-0.05, 0) is 37.1 Å². The zero-order valence-electron chi connectivity index (χ0n) is 13.6. The molecule has 1 saturated heterocycles. The van der Waals surface area contributed by atoms with Crippen LogP contribution >= 0.6 is 0 Å². The van der Waals surface area contributed by atoms with Gasteiger partial charge in [-0.3, -0.25) is 4.79 Å². The molecule has 1 N–H and O–H groups in total. The zero-order chi connectivity index (χ0) is 16.4. The summed E-state index contributed by atoms with van der Waals surface area (Å²) in [6.07, 6.45) is 2.14. The van der Waals surface area contributed by atoms with Crippen molar-refractivity contribution in [2.24, 2.45) is 0 Å². The van der Waals surface area contributed by atoms with Crippen LogP contribution in [0.1, 0.15) is 23.3 Å². The van der Waals surface area contributed by atoms with Gasteiger partial charge in [0.15, 0.2) is 11.5 Å². The van der Waals surface area contributed by atoms with Crippen molar-refractivity contribution in [3.63, 3.8) is 0 Å². The maximum Gasteiger partial charge on any atom is 0.272 e. The van der Waals surface area contributed by atoms with Crippen molar-refractivity contribution in [2.45, 2.75) is 18.9 Å².